The fourth-order valence-electron chi connectivity index (χ4n) is 1.93. The third kappa shape index (κ3) is 1.67. The van der Waals surface area contributed by atoms with Crippen LogP contribution < -0.4 is 0 Å². The molecule has 1 aliphatic rings. The minimum atomic E-state index is -0.185. The van der Waals surface area contributed by atoms with E-state index in [1.54, 1.807) is 20.2 Å². The third-order valence-electron chi connectivity index (χ3n) is 3.19. The molecule has 1 saturated carbocycles. The summed E-state index contributed by atoms with van der Waals surface area (Å²) in [6.45, 7) is 1.55. The molecule has 80 valence electrons. The van der Waals surface area contributed by atoms with Crippen LogP contribution in [-0.2, 0) is 10.3 Å². The van der Waals surface area contributed by atoms with E-state index in [-0.39, 0.29) is 11.4 Å². The monoisotopic (exact) mass is 205 g/mol. The first kappa shape index (κ1) is 10.3. The number of carbonyl (C=O) groups is 1. The van der Waals surface area contributed by atoms with Crippen LogP contribution in [0.5, 0.6) is 0 Å². The van der Waals surface area contributed by atoms with Crippen molar-refractivity contribution in [1.82, 2.24) is 4.98 Å². The van der Waals surface area contributed by atoms with Crippen LogP contribution in [-0.4, -0.2) is 17.9 Å². The van der Waals surface area contributed by atoms with Crippen LogP contribution in [0.4, 0.5) is 0 Å². The summed E-state index contributed by atoms with van der Waals surface area (Å²) in [4.78, 5) is 15.4. The molecule has 0 aromatic carbocycles. The summed E-state index contributed by atoms with van der Waals surface area (Å²) < 4.78 is 5.51. The number of methoxy groups -OCH3 is 1. The van der Waals surface area contributed by atoms with Gasteiger partial charge in [0.2, 0.25) is 0 Å². The normalized spacial score (nSPS) is 18.3. The van der Waals surface area contributed by atoms with E-state index in [0.717, 1.165) is 18.5 Å². The highest BCUT2D eigenvalue weighted by Gasteiger charge is 2.39. The molecule has 0 atom stereocenters. The Morgan fingerprint density at radius 3 is 2.53 bits per heavy atom. The summed E-state index contributed by atoms with van der Waals surface area (Å²) in [5.74, 6) is 0.0501. The van der Waals surface area contributed by atoms with E-state index >= 15 is 0 Å². The summed E-state index contributed by atoms with van der Waals surface area (Å²) in [7, 11) is 1.72. The SMILES string of the molecule is COC1(c2ccc(C(C)=O)cn2)CCC1. The van der Waals surface area contributed by atoms with E-state index in [1.807, 2.05) is 12.1 Å². The highest BCUT2D eigenvalue weighted by Crippen LogP contribution is 2.43. The lowest BCUT2D eigenvalue weighted by atomic mass is 9.77. The molecule has 3 nitrogen and oxygen atoms in total. The lowest BCUT2D eigenvalue weighted by Crippen LogP contribution is -2.36. The second kappa shape index (κ2) is 3.74. The quantitative estimate of drug-likeness (QED) is 0.711. The molecular formula is C12H15NO2. The third-order valence-corrected chi connectivity index (χ3v) is 3.19. The number of pyridine rings is 1. The Morgan fingerprint density at radius 1 is 1.47 bits per heavy atom. The molecule has 0 amide bonds. The molecule has 0 aliphatic heterocycles. The van der Waals surface area contributed by atoms with Crippen molar-refractivity contribution in [3.63, 3.8) is 0 Å². The van der Waals surface area contributed by atoms with Crippen molar-refractivity contribution in [3.05, 3.63) is 29.6 Å². The first-order chi connectivity index (χ1) is 7.18. The summed E-state index contributed by atoms with van der Waals surface area (Å²) >= 11 is 0. The molecule has 1 aromatic heterocycles. The lowest BCUT2D eigenvalue weighted by molar-refractivity contribution is -0.0811. The van der Waals surface area contributed by atoms with E-state index in [4.69, 9.17) is 4.74 Å². The number of carbonyl (C=O) groups excluding carboxylic acids is 1. The molecule has 0 N–H and O–H groups in total. The van der Waals surface area contributed by atoms with Crippen molar-refractivity contribution in [1.29, 1.82) is 0 Å². The van der Waals surface area contributed by atoms with Gasteiger partial charge in [0.05, 0.1) is 5.69 Å². The first-order valence-corrected chi connectivity index (χ1v) is 5.20. The fraction of sp³-hybridized carbons (Fsp3) is 0.500. The topological polar surface area (TPSA) is 39.2 Å². The Hall–Kier alpha value is -1.22. The number of aromatic nitrogens is 1. The highest BCUT2D eigenvalue weighted by atomic mass is 16.5. The van der Waals surface area contributed by atoms with Gasteiger partial charge < -0.3 is 4.74 Å². The summed E-state index contributed by atoms with van der Waals surface area (Å²) in [6.07, 6.45) is 4.87. The molecule has 0 unspecified atom stereocenters. The fourth-order valence-corrected chi connectivity index (χ4v) is 1.93. The molecule has 0 radical (unpaired) electrons. The first-order valence-electron chi connectivity index (χ1n) is 5.20. The summed E-state index contributed by atoms with van der Waals surface area (Å²) in [5.41, 5.74) is 1.42. The largest absolute Gasteiger partial charge is 0.372 e. The van der Waals surface area contributed by atoms with Gasteiger partial charge in [-0.1, -0.05) is 0 Å². The number of ketones is 1. The van der Waals surface area contributed by atoms with Crippen LogP contribution in [0.2, 0.25) is 0 Å². The zero-order valence-electron chi connectivity index (χ0n) is 9.12. The molecule has 1 aromatic rings. The van der Waals surface area contributed by atoms with Crippen LogP contribution in [0.15, 0.2) is 18.3 Å². The second-order valence-corrected chi connectivity index (χ2v) is 4.04. The van der Waals surface area contributed by atoms with Crippen molar-refractivity contribution in [2.75, 3.05) is 7.11 Å². The maximum Gasteiger partial charge on any atom is 0.161 e. The number of hydrogen-bond acceptors (Lipinski definition) is 3. The van der Waals surface area contributed by atoms with Crippen molar-refractivity contribution >= 4 is 5.78 Å². The van der Waals surface area contributed by atoms with Gasteiger partial charge in [-0.3, -0.25) is 9.78 Å². The Kier molecular flexibility index (Phi) is 2.57. The van der Waals surface area contributed by atoms with E-state index in [0.29, 0.717) is 5.56 Å². The molecule has 1 heterocycles. The van der Waals surface area contributed by atoms with Gasteiger partial charge in [0, 0.05) is 18.9 Å². The maximum absolute atomic E-state index is 11.1. The van der Waals surface area contributed by atoms with Gasteiger partial charge >= 0.3 is 0 Å². The zero-order chi connectivity index (χ0) is 10.9. The molecule has 0 bridgehead atoms. The molecule has 1 aliphatic carbocycles. The van der Waals surface area contributed by atoms with Gasteiger partial charge in [0.15, 0.2) is 5.78 Å². The van der Waals surface area contributed by atoms with Crippen LogP contribution >= 0.6 is 0 Å². The Balaban J connectivity index is 2.26. The standard InChI is InChI=1S/C12H15NO2/c1-9(14)10-4-5-11(13-8-10)12(15-2)6-3-7-12/h4-5,8H,3,6-7H2,1-2H3. The average Bonchev–Trinajstić information content (AvgIpc) is 2.18. The Bertz CT molecular complexity index is 360. The number of hydrogen-bond donors (Lipinski definition) is 0. The molecule has 0 saturated heterocycles. The van der Waals surface area contributed by atoms with Crippen molar-refractivity contribution in [2.24, 2.45) is 0 Å². The van der Waals surface area contributed by atoms with Gasteiger partial charge in [-0.15, -0.1) is 0 Å². The van der Waals surface area contributed by atoms with Gasteiger partial charge in [-0.25, -0.2) is 0 Å². The van der Waals surface area contributed by atoms with Crippen LogP contribution in [0.25, 0.3) is 0 Å². The molecular weight excluding hydrogens is 190 g/mol. The average molecular weight is 205 g/mol. The minimum absolute atomic E-state index is 0.0501. The van der Waals surface area contributed by atoms with Crippen molar-refractivity contribution < 1.29 is 9.53 Å². The van der Waals surface area contributed by atoms with Crippen molar-refractivity contribution in [2.45, 2.75) is 31.8 Å². The van der Waals surface area contributed by atoms with Crippen LogP contribution in [0.3, 0.4) is 0 Å². The number of ether oxygens (including phenoxy) is 1. The van der Waals surface area contributed by atoms with Gasteiger partial charge in [-0.05, 0) is 38.3 Å². The second-order valence-electron chi connectivity index (χ2n) is 4.04. The predicted octanol–water partition coefficient (Wildman–Crippen LogP) is 2.31. The van der Waals surface area contributed by atoms with E-state index in [9.17, 15) is 4.79 Å². The van der Waals surface area contributed by atoms with E-state index in [1.165, 1.54) is 6.42 Å². The Morgan fingerprint density at radius 2 is 2.20 bits per heavy atom. The molecule has 1 fully saturated rings. The smallest absolute Gasteiger partial charge is 0.161 e. The zero-order valence-corrected chi connectivity index (χ0v) is 9.12. The predicted molar refractivity (Wildman–Crippen MR) is 56.8 cm³/mol. The van der Waals surface area contributed by atoms with Gasteiger partial charge in [-0.2, -0.15) is 0 Å². The van der Waals surface area contributed by atoms with Crippen LogP contribution in [0, 0.1) is 0 Å². The van der Waals surface area contributed by atoms with Gasteiger partial charge in [0.1, 0.15) is 5.60 Å². The van der Waals surface area contributed by atoms with Gasteiger partial charge in [0.25, 0.3) is 0 Å². The Labute approximate surface area is 89.5 Å². The van der Waals surface area contributed by atoms with E-state index in [2.05, 4.69) is 4.98 Å². The molecule has 0 spiro atoms. The number of rotatable bonds is 3. The molecule has 3 heteroatoms. The lowest BCUT2D eigenvalue weighted by Gasteiger charge is -2.39. The molecule has 15 heavy (non-hydrogen) atoms. The van der Waals surface area contributed by atoms with E-state index < -0.39 is 0 Å². The maximum atomic E-state index is 11.1. The summed E-state index contributed by atoms with van der Waals surface area (Å²) in [6, 6.07) is 3.73. The number of Topliss-reactive ketones (excluding diaryl/α,β-unsaturated/α-hetero) is 1. The summed E-state index contributed by atoms with van der Waals surface area (Å²) in [5, 5.41) is 0. The van der Waals surface area contributed by atoms with Crippen LogP contribution in [0.1, 0.15) is 42.2 Å². The minimum Gasteiger partial charge on any atom is -0.372 e. The number of nitrogens with zero attached hydrogens (tertiary/aromatic N) is 1. The molecule has 2 rings (SSSR count). The van der Waals surface area contributed by atoms with Crippen molar-refractivity contribution in [3.8, 4) is 0 Å². The highest BCUT2D eigenvalue weighted by molar-refractivity contribution is 5.93.